The van der Waals surface area contributed by atoms with Gasteiger partial charge in [-0.3, -0.25) is 9.78 Å². The van der Waals surface area contributed by atoms with Gasteiger partial charge in [0.2, 0.25) is 5.91 Å². The van der Waals surface area contributed by atoms with Gasteiger partial charge in [0.1, 0.15) is 5.75 Å². The van der Waals surface area contributed by atoms with Crippen molar-refractivity contribution in [3.8, 4) is 5.75 Å². The second-order valence-electron chi connectivity index (χ2n) is 4.78. The topological polar surface area (TPSA) is 68.5 Å². The molecular formula is C16H19N3O2. The molecule has 2 aromatic rings. The molecule has 110 valence electrons. The molecule has 0 unspecified atom stereocenters. The van der Waals surface area contributed by atoms with Crippen LogP contribution in [0.1, 0.15) is 12.0 Å². The van der Waals surface area contributed by atoms with Crippen molar-refractivity contribution in [1.29, 1.82) is 0 Å². The Morgan fingerprint density at radius 2 is 2.05 bits per heavy atom. The quantitative estimate of drug-likeness (QED) is 0.825. The van der Waals surface area contributed by atoms with E-state index in [1.165, 1.54) is 0 Å². The SMILES string of the molecule is CN(Cc1ccncc1)C(=O)CCOc1cccc(N)c1. The van der Waals surface area contributed by atoms with Crippen molar-refractivity contribution in [2.45, 2.75) is 13.0 Å². The van der Waals surface area contributed by atoms with Crippen molar-refractivity contribution in [1.82, 2.24) is 9.88 Å². The molecule has 5 heteroatoms. The van der Waals surface area contributed by atoms with Gasteiger partial charge in [-0.15, -0.1) is 0 Å². The maximum Gasteiger partial charge on any atom is 0.226 e. The van der Waals surface area contributed by atoms with Gasteiger partial charge in [-0.25, -0.2) is 0 Å². The summed E-state index contributed by atoms with van der Waals surface area (Å²) in [6, 6.07) is 11.0. The Kier molecular flexibility index (Phi) is 5.15. The Labute approximate surface area is 124 Å². The van der Waals surface area contributed by atoms with Crippen molar-refractivity contribution in [2.24, 2.45) is 0 Å². The molecule has 0 saturated heterocycles. The van der Waals surface area contributed by atoms with Gasteiger partial charge < -0.3 is 15.4 Å². The van der Waals surface area contributed by atoms with E-state index in [0.717, 1.165) is 5.56 Å². The lowest BCUT2D eigenvalue weighted by molar-refractivity contribution is -0.130. The van der Waals surface area contributed by atoms with Crippen LogP contribution < -0.4 is 10.5 Å². The van der Waals surface area contributed by atoms with Crippen LogP contribution in [0.2, 0.25) is 0 Å². The van der Waals surface area contributed by atoms with Gasteiger partial charge in [0.15, 0.2) is 0 Å². The smallest absolute Gasteiger partial charge is 0.226 e. The van der Waals surface area contributed by atoms with Crippen LogP contribution >= 0.6 is 0 Å². The largest absolute Gasteiger partial charge is 0.493 e. The Balaban J connectivity index is 1.76. The number of carbonyl (C=O) groups is 1. The highest BCUT2D eigenvalue weighted by atomic mass is 16.5. The summed E-state index contributed by atoms with van der Waals surface area (Å²) in [6.07, 6.45) is 3.77. The Bertz CT molecular complexity index is 587. The van der Waals surface area contributed by atoms with Crippen LogP contribution in [0, 0.1) is 0 Å². The number of pyridine rings is 1. The molecule has 5 nitrogen and oxygen atoms in total. The molecule has 2 N–H and O–H groups in total. The van der Waals surface area contributed by atoms with Gasteiger partial charge >= 0.3 is 0 Å². The summed E-state index contributed by atoms with van der Waals surface area (Å²) in [5, 5.41) is 0. The number of hydrogen-bond acceptors (Lipinski definition) is 4. The predicted octanol–water partition coefficient (Wildman–Crippen LogP) is 2.09. The van der Waals surface area contributed by atoms with Crippen LogP contribution in [0.3, 0.4) is 0 Å². The highest BCUT2D eigenvalue weighted by Gasteiger charge is 2.09. The zero-order valence-corrected chi connectivity index (χ0v) is 12.0. The highest BCUT2D eigenvalue weighted by molar-refractivity contribution is 5.76. The highest BCUT2D eigenvalue weighted by Crippen LogP contribution is 2.14. The Morgan fingerprint density at radius 3 is 2.76 bits per heavy atom. The molecule has 0 fully saturated rings. The molecular weight excluding hydrogens is 266 g/mol. The second kappa shape index (κ2) is 7.28. The van der Waals surface area contributed by atoms with Crippen LogP contribution in [-0.2, 0) is 11.3 Å². The van der Waals surface area contributed by atoms with Crippen molar-refractivity contribution >= 4 is 11.6 Å². The van der Waals surface area contributed by atoms with Crippen LogP contribution in [0.15, 0.2) is 48.8 Å². The normalized spacial score (nSPS) is 10.1. The van der Waals surface area contributed by atoms with Crippen LogP contribution in [0.4, 0.5) is 5.69 Å². The summed E-state index contributed by atoms with van der Waals surface area (Å²) >= 11 is 0. The second-order valence-corrected chi connectivity index (χ2v) is 4.78. The lowest BCUT2D eigenvalue weighted by atomic mass is 10.2. The van der Waals surface area contributed by atoms with Gasteiger partial charge in [-0.05, 0) is 29.8 Å². The number of anilines is 1. The van der Waals surface area contributed by atoms with Gasteiger partial charge in [0, 0.05) is 37.7 Å². The fourth-order valence-corrected chi connectivity index (χ4v) is 1.90. The van der Waals surface area contributed by atoms with E-state index in [4.69, 9.17) is 10.5 Å². The van der Waals surface area contributed by atoms with Crippen molar-refractivity contribution < 1.29 is 9.53 Å². The Hall–Kier alpha value is -2.56. The molecule has 0 aliphatic rings. The number of nitrogens with zero attached hydrogens (tertiary/aromatic N) is 2. The van der Waals surface area contributed by atoms with E-state index in [0.29, 0.717) is 31.0 Å². The number of carbonyl (C=O) groups excluding carboxylic acids is 1. The third kappa shape index (κ3) is 4.80. The minimum Gasteiger partial charge on any atom is -0.493 e. The van der Waals surface area contributed by atoms with Gasteiger partial charge in [-0.1, -0.05) is 6.07 Å². The number of nitrogens with two attached hydrogens (primary N) is 1. The predicted molar refractivity (Wildman–Crippen MR) is 81.7 cm³/mol. The van der Waals surface area contributed by atoms with Crippen molar-refractivity contribution in [2.75, 3.05) is 19.4 Å². The number of rotatable bonds is 6. The number of nitrogen functional groups attached to an aromatic ring is 1. The zero-order valence-electron chi connectivity index (χ0n) is 12.0. The molecule has 1 aromatic carbocycles. The minimum atomic E-state index is 0.0377. The fourth-order valence-electron chi connectivity index (χ4n) is 1.90. The average molecular weight is 285 g/mol. The number of aromatic nitrogens is 1. The monoisotopic (exact) mass is 285 g/mol. The van der Waals surface area contributed by atoms with Crippen LogP contribution in [0.5, 0.6) is 5.75 Å². The molecule has 1 amide bonds. The maximum absolute atomic E-state index is 12.0. The van der Waals surface area contributed by atoms with Gasteiger partial charge in [-0.2, -0.15) is 0 Å². The molecule has 1 aromatic heterocycles. The zero-order chi connectivity index (χ0) is 15.1. The van der Waals surface area contributed by atoms with Crippen LogP contribution in [0.25, 0.3) is 0 Å². The van der Waals surface area contributed by atoms with E-state index < -0.39 is 0 Å². The fraction of sp³-hybridized carbons (Fsp3) is 0.250. The first kappa shape index (κ1) is 14.8. The summed E-state index contributed by atoms with van der Waals surface area (Å²) in [4.78, 5) is 17.6. The van der Waals surface area contributed by atoms with E-state index >= 15 is 0 Å². The molecule has 2 rings (SSSR count). The summed E-state index contributed by atoms with van der Waals surface area (Å²) < 4.78 is 5.52. The number of benzene rings is 1. The summed E-state index contributed by atoms with van der Waals surface area (Å²) in [5.74, 6) is 0.718. The summed E-state index contributed by atoms with van der Waals surface area (Å²) in [6.45, 7) is 0.905. The van der Waals surface area contributed by atoms with E-state index in [2.05, 4.69) is 4.98 Å². The van der Waals surface area contributed by atoms with E-state index in [9.17, 15) is 4.79 Å². The van der Waals surface area contributed by atoms with Crippen molar-refractivity contribution in [3.63, 3.8) is 0 Å². The van der Waals surface area contributed by atoms with E-state index in [1.807, 2.05) is 24.3 Å². The molecule has 0 bridgehead atoms. The lowest BCUT2D eigenvalue weighted by Gasteiger charge is -2.17. The first-order valence-electron chi connectivity index (χ1n) is 6.76. The molecule has 21 heavy (non-hydrogen) atoms. The van der Waals surface area contributed by atoms with E-state index in [-0.39, 0.29) is 5.91 Å². The maximum atomic E-state index is 12.0. The third-order valence-corrected chi connectivity index (χ3v) is 3.04. The molecule has 0 aliphatic carbocycles. The third-order valence-electron chi connectivity index (χ3n) is 3.04. The van der Waals surface area contributed by atoms with Crippen LogP contribution in [-0.4, -0.2) is 29.4 Å². The molecule has 0 aliphatic heterocycles. The molecule has 1 heterocycles. The molecule has 0 atom stereocenters. The Morgan fingerprint density at radius 1 is 1.29 bits per heavy atom. The van der Waals surface area contributed by atoms with Crippen molar-refractivity contribution in [3.05, 3.63) is 54.4 Å². The standard InChI is InChI=1S/C16H19N3O2/c1-19(12-13-5-8-18-9-6-13)16(20)7-10-21-15-4-2-3-14(17)11-15/h2-6,8-9,11H,7,10,12,17H2,1H3. The number of amides is 1. The van der Waals surface area contributed by atoms with E-state index in [1.54, 1.807) is 36.5 Å². The summed E-state index contributed by atoms with van der Waals surface area (Å²) in [7, 11) is 1.78. The molecule has 0 radical (unpaired) electrons. The lowest BCUT2D eigenvalue weighted by Crippen LogP contribution is -2.27. The first-order chi connectivity index (χ1) is 10.1. The molecule has 0 spiro atoms. The average Bonchev–Trinajstić information content (AvgIpc) is 2.48. The number of hydrogen-bond donors (Lipinski definition) is 1. The van der Waals surface area contributed by atoms with Gasteiger partial charge in [0.05, 0.1) is 13.0 Å². The first-order valence-corrected chi connectivity index (χ1v) is 6.76. The summed E-state index contributed by atoms with van der Waals surface area (Å²) in [5.41, 5.74) is 7.36. The van der Waals surface area contributed by atoms with Gasteiger partial charge in [0.25, 0.3) is 0 Å². The number of ether oxygens (including phenoxy) is 1. The molecule has 0 saturated carbocycles. The minimum absolute atomic E-state index is 0.0377.